The predicted octanol–water partition coefficient (Wildman–Crippen LogP) is 1.15. The van der Waals surface area contributed by atoms with Gasteiger partial charge in [-0.2, -0.15) is 0 Å². The van der Waals surface area contributed by atoms with Crippen LogP contribution in [0.1, 0.15) is 19.8 Å². The first-order valence-electron chi connectivity index (χ1n) is 4.93. The van der Waals surface area contributed by atoms with Crippen LogP contribution in [0.25, 0.3) is 0 Å². The highest BCUT2D eigenvalue weighted by molar-refractivity contribution is 4.91. The van der Waals surface area contributed by atoms with E-state index in [2.05, 4.69) is 24.1 Å². The Morgan fingerprint density at radius 3 is 2.92 bits per heavy atom. The molecular weight excluding hydrogens is 148 g/mol. The molecule has 0 aromatic carbocycles. The van der Waals surface area contributed by atoms with Crippen molar-refractivity contribution in [3.8, 4) is 0 Å². The maximum Gasteiger partial charge on any atom is 0.0132 e. The van der Waals surface area contributed by atoms with Crippen LogP contribution in [0.5, 0.6) is 0 Å². The molecule has 2 unspecified atom stereocenters. The summed E-state index contributed by atoms with van der Waals surface area (Å²) in [5.74, 6) is 0.962. The molecule has 0 aromatic rings. The summed E-state index contributed by atoms with van der Waals surface area (Å²) in [5.41, 5.74) is 0. The molecule has 12 heavy (non-hydrogen) atoms. The van der Waals surface area contributed by atoms with Crippen molar-refractivity contribution in [2.75, 3.05) is 19.6 Å². The van der Waals surface area contributed by atoms with Gasteiger partial charge in [-0.15, -0.1) is 6.58 Å². The Kier molecular flexibility index (Phi) is 4.33. The van der Waals surface area contributed by atoms with E-state index in [9.17, 15) is 0 Å². The molecule has 2 N–H and O–H groups in total. The lowest BCUT2D eigenvalue weighted by Gasteiger charge is -2.03. The summed E-state index contributed by atoms with van der Waals surface area (Å²) in [4.78, 5) is 0. The van der Waals surface area contributed by atoms with E-state index in [-0.39, 0.29) is 0 Å². The zero-order chi connectivity index (χ0) is 8.81. The summed E-state index contributed by atoms with van der Waals surface area (Å²) in [7, 11) is 0. The third-order valence-corrected chi connectivity index (χ3v) is 2.44. The van der Waals surface area contributed by atoms with Crippen LogP contribution in [0.4, 0.5) is 0 Å². The molecule has 0 aliphatic heterocycles. The maximum absolute atomic E-state index is 3.65. The van der Waals surface area contributed by atoms with Gasteiger partial charge in [0, 0.05) is 25.7 Å². The summed E-state index contributed by atoms with van der Waals surface area (Å²) < 4.78 is 0. The molecule has 1 rings (SSSR count). The molecule has 0 spiro atoms. The third-order valence-electron chi connectivity index (χ3n) is 2.44. The molecule has 0 amide bonds. The second-order valence-electron chi connectivity index (χ2n) is 3.46. The first kappa shape index (κ1) is 9.75. The highest BCUT2D eigenvalue weighted by Crippen LogP contribution is 2.32. The molecule has 1 saturated carbocycles. The van der Waals surface area contributed by atoms with E-state index < -0.39 is 0 Å². The van der Waals surface area contributed by atoms with Gasteiger partial charge in [0.05, 0.1) is 0 Å². The largest absolute Gasteiger partial charge is 0.312 e. The SMILES string of the molecule is C=CCNCCNC1CC1CC. The van der Waals surface area contributed by atoms with Gasteiger partial charge in [-0.05, 0) is 12.3 Å². The summed E-state index contributed by atoms with van der Waals surface area (Å²) >= 11 is 0. The molecule has 1 fully saturated rings. The molecule has 1 aliphatic carbocycles. The lowest BCUT2D eigenvalue weighted by atomic mass is 10.3. The summed E-state index contributed by atoms with van der Waals surface area (Å²) in [6.45, 7) is 8.98. The lowest BCUT2D eigenvalue weighted by Crippen LogP contribution is -2.29. The Morgan fingerprint density at radius 1 is 1.50 bits per heavy atom. The van der Waals surface area contributed by atoms with E-state index in [1.165, 1.54) is 12.8 Å². The van der Waals surface area contributed by atoms with Gasteiger partial charge in [0.2, 0.25) is 0 Å². The van der Waals surface area contributed by atoms with Crippen LogP contribution in [0.3, 0.4) is 0 Å². The highest BCUT2D eigenvalue weighted by Gasteiger charge is 2.34. The van der Waals surface area contributed by atoms with Gasteiger partial charge in [-0.25, -0.2) is 0 Å². The first-order valence-corrected chi connectivity index (χ1v) is 4.93. The summed E-state index contributed by atoms with van der Waals surface area (Å²) in [5, 5.41) is 6.79. The van der Waals surface area contributed by atoms with Gasteiger partial charge in [-0.3, -0.25) is 0 Å². The molecule has 0 radical (unpaired) electrons. The zero-order valence-electron chi connectivity index (χ0n) is 7.97. The van der Waals surface area contributed by atoms with Crippen molar-refractivity contribution in [1.29, 1.82) is 0 Å². The molecule has 70 valence electrons. The Bertz CT molecular complexity index is 134. The van der Waals surface area contributed by atoms with Gasteiger partial charge in [-0.1, -0.05) is 19.4 Å². The van der Waals surface area contributed by atoms with Crippen LogP contribution < -0.4 is 10.6 Å². The molecule has 2 nitrogen and oxygen atoms in total. The Labute approximate surface area is 75.4 Å². The lowest BCUT2D eigenvalue weighted by molar-refractivity contribution is 0.596. The molecule has 0 bridgehead atoms. The van der Waals surface area contributed by atoms with Crippen molar-refractivity contribution in [1.82, 2.24) is 10.6 Å². The minimum Gasteiger partial charge on any atom is -0.312 e. The number of hydrogen-bond donors (Lipinski definition) is 2. The highest BCUT2D eigenvalue weighted by atomic mass is 15.0. The quantitative estimate of drug-likeness (QED) is 0.440. The molecule has 0 saturated heterocycles. The van der Waals surface area contributed by atoms with Crippen molar-refractivity contribution < 1.29 is 0 Å². The fourth-order valence-corrected chi connectivity index (χ4v) is 1.50. The fraction of sp³-hybridized carbons (Fsp3) is 0.800. The molecule has 2 atom stereocenters. The minimum atomic E-state index is 0.820. The zero-order valence-corrected chi connectivity index (χ0v) is 7.97. The number of hydrogen-bond acceptors (Lipinski definition) is 2. The van der Waals surface area contributed by atoms with Crippen LogP contribution >= 0.6 is 0 Å². The van der Waals surface area contributed by atoms with Crippen molar-refractivity contribution in [2.45, 2.75) is 25.8 Å². The van der Waals surface area contributed by atoms with Gasteiger partial charge in [0.15, 0.2) is 0 Å². The van der Waals surface area contributed by atoms with Crippen molar-refractivity contribution in [3.05, 3.63) is 12.7 Å². The Morgan fingerprint density at radius 2 is 2.33 bits per heavy atom. The molecule has 0 aromatic heterocycles. The van der Waals surface area contributed by atoms with Gasteiger partial charge in [0.25, 0.3) is 0 Å². The van der Waals surface area contributed by atoms with Gasteiger partial charge in [0.1, 0.15) is 0 Å². The summed E-state index contributed by atoms with van der Waals surface area (Å²) in [6.07, 6.45) is 4.61. The number of rotatable bonds is 7. The number of nitrogens with one attached hydrogen (secondary N) is 2. The van der Waals surface area contributed by atoms with Crippen LogP contribution in [0, 0.1) is 5.92 Å². The van der Waals surface area contributed by atoms with E-state index in [1.54, 1.807) is 0 Å². The molecule has 1 aliphatic rings. The van der Waals surface area contributed by atoms with Gasteiger partial charge >= 0.3 is 0 Å². The van der Waals surface area contributed by atoms with E-state index in [0.717, 1.165) is 31.6 Å². The van der Waals surface area contributed by atoms with Crippen molar-refractivity contribution >= 4 is 0 Å². The fourth-order valence-electron chi connectivity index (χ4n) is 1.50. The Balaban J connectivity index is 1.81. The standard InChI is InChI=1S/C10H20N2/c1-3-5-11-6-7-12-10-8-9(10)4-2/h3,9-12H,1,4-8H2,2H3. The molecule has 0 heterocycles. The normalized spacial score (nSPS) is 27.1. The van der Waals surface area contributed by atoms with E-state index in [1.807, 2.05) is 6.08 Å². The van der Waals surface area contributed by atoms with E-state index >= 15 is 0 Å². The smallest absolute Gasteiger partial charge is 0.0132 e. The topological polar surface area (TPSA) is 24.1 Å². The first-order chi connectivity index (χ1) is 5.88. The molecular formula is C10H20N2. The van der Waals surface area contributed by atoms with Crippen LogP contribution in [0.2, 0.25) is 0 Å². The monoisotopic (exact) mass is 168 g/mol. The second kappa shape index (κ2) is 5.33. The second-order valence-corrected chi connectivity index (χ2v) is 3.46. The van der Waals surface area contributed by atoms with Crippen LogP contribution in [-0.4, -0.2) is 25.7 Å². The van der Waals surface area contributed by atoms with Gasteiger partial charge < -0.3 is 10.6 Å². The Hall–Kier alpha value is -0.340. The summed E-state index contributed by atoms with van der Waals surface area (Å²) in [6, 6.07) is 0.820. The van der Waals surface area contributed by atoms with Crippen LogP contribution in [0.15, 0.2) is 12.7 Å². The average molecular weight is 168 g/mol. The average Bonchev–Trinajstić information content (AvgIpc) is 2.83. The van der Waals surface area contributed by atoms with E-state index in [4.69, 9.17) is 0 Å². The van der Waals surface area contributed by atoms with E-state index in [0.29, 0.717) is 0 Å². The van der Waals surface area contributed by atoms with Crippen molar-refractivity contribution in [3.63, 3.8) is 0 Å². The van der Waals surface area contributed by atoms with Crippen LogP contribution in [-0.2, 0) is 0 Å². The minimum absolute atomic E-state index is 0.820. The molecule has 2 heteroatoms. The van der Waals surface area contributed by atoms with Crippen molar-refractivity contribution in [2.24, 2.45) is 5.92 Å². The maximum atomic E-state index is 3.65. The predicted molar refractivity (Wildman–Crippen MR) is 53.3 cm³/mol. The third kappa shape index (κ3) is 3.37.